The second-order valence-corrected chi connectivity index (χ2v) is 6.08. The molecule has 0 spiro atoms. The fourth-order valence-corrected chi connectivity index (χ4v) is 2.56. The van der Waals surface area contributed by atoms with Crippen LogP contribution in [0.15, 0.2) is 74.9 Å². The maximum atomic E-state index is 12.0. The number of aliphatic imine (C=N–C) groups is 1. The van der Waals surface area contributed by atoms with E-state index in [9.17, 15) is 4.79 Å². The molecule has 0 radical (unpaired) electrons. The Bertz CT molecular complexity index is 875. The molecule has 1 aromatic carbocycles. The van der Waals surface area contributed by atoms with Gasteiger partial charge in [-0.05, 0) is 48.9 Å². The number of nitrogens with one attached hydrogen (secondary N) is 3. The second kappa shape index (κ2) is 11.9. The Balaban J connectivity index is 0.00000300. The number of hydrogen-bond acceptors (Lipinski definition) is 4. The van der Waals surface area contributed by atoms with Gasteiger partial charge in [0.2, 0.25) is 0 Å². The lowest BCUT2D eigenvalue weighted by Gasteiger charge is -2.11. The van der Waals surface area contributed by atoms with Crippen molar-refractivity contribution >= 4 is 41.5 Å². The Morgan fingerprint density at radius 3 is 2.41 bits per heavy atom. The van der Waals surface area contributed by atoms with Gasteiger partial charge in [0.15, 0.2) is 11.7 Å². The molecule has 0 atom stereocenters. The molecular formula is C21H25IN4O3. The normalized spacial score (nSPS) is 10.9. The van der Waals surface area contributed by atoms with E-state index >= 15 is 0 Å². The maximum absolute atomic E-state index is 12.0. The summed E-state index contributed by atoms with van der Waals surface area (Å²) in [6.45, 7) is 4.07. The first kappa shape index (κ1) is 22.5. The third-order valence-electron chi connectivity index (χ3n) is 3.96. The first-order valence-electron chi connectivity index (χ1n) is 9.23. The summed E-state index contributed by atoms with van der Waals surface area (Å²) in [6, 6.07) is 14.7. The predicted octanol–water partition coefficient (Wildman–Crippen LogP) is 4.04. The Hall–Kier alpha value is -2.75. The molecule has 3 aromatic rings. The van der Waals surface area contributed by atoms with Crippen molar-refractivity contribution in [1.82, 2.24) is 10.6 Å². The number of benzene rings is 1. The molecule has 0 aliphatic rings. The van der Waals surface area contributed by atoms with E-state index in [0.29, 0.717) is 12.2 Å². The molecule has 0 fully saturated rings. The van der Waals surface area contributed by atoms with Crippen LogP contribution in [0.3, 0.4) is 0 Å². The second-order valence-electron chi connectivity index (χ2n) is 6.08. The highest BCUT2D eigenvalue weighted by atomic mass is 127. The number of anilines is 1. The molecule has 1 amide bonds. The molecule has 0 aliphatic carbocycles. The van der Waals surface area contributed by atoms with Crippen molar-refractivity contribution in [3.63, 3.8) is 0 Å². The molecule has 7 nitrogen and oxygen atoms in total. The van der Waals surface area contributed by atoms with Crippen LogP contribution in [-0.4, -0.2) is 25.0 Å². The molecule has 0 unspecified atom stereocenters. The van der Waals surface area contributed by atoms with Gasteiger partial charge >= 0.3 is 0 Å². The van der Waals surface area contributed by atoms with Gasteiger partial charge in [0.25, 0.3) is 5.91 Å². The van der Waals surface area contributed by atoms with Crippen molar-refractivity contribution in [2.24, 2.45) is 4.99 Å². The van der Waals surface area contributed by atoms with Crippen LogP contribution in [0.4, 0.5) is 5.69 Å². The van der Waals surface area contributed by atoms with E-state index in [1.54, 1.807) is 18.4 Å². The number of hydrogen-bond donors (Lipinski definition) is 3. The smallest absolute Gasteiger partial charge is 0.291 e. The lowest BCUT2D eigenvalue weighted by molar-refractivity contribution is 0.0996. The summed E-state index contributed by atoms with van der Waals surface area (Å²) >= 11 is 0. The molecule has 0 saturated heterocycles. The molecule has 3 rings (SSSR count). The summed E-state index contributed by atoms with van der Waals surface area (Å²) in [5, 5.41) is 9.32. The van der Waals surface area contributed by atoms with Crippen molar-refractivity contribution in [3.05, 3.63) is 78.1 Å². The summed E-state index contributed by atoms with van der Waals surface area (Å²) in [6.07, 6.45) is 3.94. The van der Waals surface area contributed by atoms with Crippen LogP contribution in [-0.2, 0) is 13.0 Å². The summed E-state index contributed by atoms with van der Waals surface area (Å²) in [4.78, 5) is 16.6. The lowest BCUT2D eigenvalue weighted by Crippen LogP contribution is -2.38. The molecule has 8 heteroatoms. The Morgan fingerprint density at radius 1 is 1.00 bits per heavy atom. The number of nitrogens with zero attached hydrogens (tertiary/aromatic N) is 1. The van der Waals surface area contributed by atoms with Crippen LogP contribution in [0.2, 0.25) is 0 Å². The molecule has 0 bridgehead atoms. The fourth-order valence-electron chi connectivity index (χ4n) is 2.56. The van der Waals surface area contributed by atoms with Crippen molar-refractivity contribution in [2.45, 2.75) is 19.9 Å². The summed E-state index contributed by atoms with van der Waals surface area (Å²) in [5.74, 6) is 1.70. The maximum Gasteiger partial charge on any atom is 0.291 e. The van der Waals surface area contributed by atoms with Gasteiger partial charge in [0.1, 0.15) is 5.76 Å². The Morgan fingerprint density at radius 2 is 1.76 bits per heavy atom. The third kappa shape index (κ3) is 7.30. The van der Waals surface area contributed by atoms with Gasteiger partial charge in [0, 0.05) is 25.2 Å². The highest BCUT2D eigenvalue weighted by molar-refractivity contribution is 14.0. The minimum absolute atomic E-state index is 0. The highest BCUT2D eigenvalue weighted by Gasteiger charge is 2.08. The zero-order chi connectivity index (χ0) is 19.6. The molecule has 2 aromatic heterocycles. The molecule has 3 N–H and O–H groups in total. The van der Waals surface area contributed by atoms with Crippen LogP contribution in [0.25, 0.3) is 0 Å². The van der Waals surface area contributed by atoms with Gasteiger partial charge in [-0.1, -0.05) is 12.1 Å². The summed E-state index contributed by atoms with van der Waals surface area (Å²) < 4.78 is 10.4. The van der Waals surface area contributed by atoms with Gasteiger partial charge in [0.05, 0.1) is 19.1 Å². The zero-order valence-electron chi connectivity index (χ0n) is 16.2. The van der Waals surface area contributed by atoms with Crippen LogP contribution in [0.1, 0.15) is 28.8 Å². The number of halogens is 1. The molecule has 154 valence electrons. The third-order valence-corrected chi connectivity index (χ3v) is 3.96. The monoisotopic (exact) mass is 508 g/mol. The van der Waals surface area contributed by atoms with Crippen molar-refractivity contribution < 1.29 is 13.6 Å². The lowest BCUT2D eigenvalue weighted by atomic mass is 10.2. The van der Waals surface area contributed by atoms with Gasteiger partial charge < -0.3 is 24.8 Å². The van der Waals surface area contributed by atoms with Crippen molar-refractivity contribution in [1.29, 1.82) is 0 Å². The topological polar surface area (TPSA) is 91.8 Å². The molecular weight excluding hydrogens is 483 g/mol. The van der Waals surface area contributed by atoms with E-state index in [0.717, 1.165) is 36.8 Å². The van der Waals surface area contributed by atoms with Crippen LogP contribution < -0.4 is 16.0 Å². The van der Waals surface area contributed by atoms with Crippen molar-refractivity contribution in [3.8, 4) is 0 Å². The predicted molar refractivity (Wildman–Crippen MR) is 124 cm³/mol. The van der Waals surface area contributed by atoms with Gasteiger partial charge in [-0.15, -0.1) is 24.0 Å². The Kier molecular flexibility index (Phi) is 9.29. The quantitative estimate of drug-likeness (QED) is 0.243. The number of carbonyl (C=O) groups excluding carboxylic acids is 1. The minimum atomic E-state index is -0.272. The summed E-state index contributed by atoms with van der Waals surface area (Å²) in [5.41, 5.74) is 1.75. The van der Waals surface area contributed by atoms with Crippen LogP contribution >= 0.6 is 24.0 Å². The zero-order valence-corrected chi connectivity index (χ0v) is 18.5. The van der Waals surface area contributed by atoms with E-state index in [-0.39, 0.29) is 35.6 Å². The first-order valence-corrected chi connectivity index (χ1v) is 9.23. The minimum Gasteiger partial charge on any atom is -0.469 e. The first-order chi connectivity index (χ1) is 13.7. The number of rotatable bonds is 8. The fraction of sp³-hybridized carbons (Fsp3) is 0.238. The molecule has 29 heavy (non-hydrogen) atoms. The number of furan rings is 2. The van der Waals surface area contributed by atoms with Crippen LogP contribution in [0, 0.1) is 0 Å². The molecule has 2 heterocycles. The average molecular weight is 508 g/mol. The standard InChI is InChI=1S/C21H24N4O3.HI/c1-2-22-21(23-12-11-18-5-3-13-27-18)24-15-16-7-9-17(10-8-16)25-20(26)19-6-4-14-28-19;/h3-10,13-14H,2,11-12,15H2,1H3,(H,25,26)(H2,22,23,24);1H. The van der Waals surface area contributed by atoms with Crippen molar-refractivity contribution in [2.75, 3.05) is 18.4 Å². The van der Waals surface area contributed by atoms with Gasteiger partial charge in [-0.25, -0.2) is 4.99 Å². The van der Waals surface area contributed by atoms with E-state index in [2.05, 4.69) is 20.9 Å². The number of guanidine groups is 1. The van der Waals surface area contributed by atoms with E-state index < -0.39 is 0 Å². The molecule has 0 aliphatic heterocycles. The van der Waals surface area contributed by atoms with E-state index in [1.807, 2.05) is 43.3 Å². The van der Waals surface area contributed by atoms with E-state index in [1.165, 1.54) is 6.26 Å². The van der Waals surface area contributed by atoms with Gasteiger partial charge in [-0.3, -0.25) is 4.79 Å². The van der Waals surface area contributed by atoms with Crippen LogP contribution in [0.5, 0.6) is 0 Å². The Labute approximate surface area is 187 Å². The largest absolute Gasteiger partial charge is 0.469 e. The SMILES string of the molecule is CCNC(=NCc1ccc(NC(=O)c2ccco2)cc1)NCCc1ccco1.I. The number of amides is 1. The highest BCUT2D eigenvalue weighted by Crippen LogP contribution is 2.12. The average Bonchev–Trinajstić information content (AvgIpc) is 3.41. The van der Waals surface area contributed by atoms with Gasteiger partial charge in [-0.2, -0.15) is 0 Å². The summed E-state index contributed by atoms with van der Waals surface area (Å²) in [7, 11) is 0. The molecule has 0 saturated carbocycles. The van der Waals surface area contributed by atoms with E-state index in [4.69, 9.17) is 8.83 Å². The number of carbonyl (C=O) groups is 1.